The Hall–Kier alpha value is -6.64. The minimum atomic E-state index is -0.451. The van der Waals surface area contributed by atoms with Gasteiger partial charge < -0.3 is 8.83 Å². The molecule has 50 heavy (non-hydrogen) atoms. The number of hydrogen-bond donors (Lipinski definition) is 0. The standard InChI is InChI=1S/C48H28O2/c1-2-15-31-29(13-1)14-11-22-33(31)46-36-19-5-3-17-34(36)45(35-18-4-6-20-37(35)46)30-27-40-32-16-7-9-24-42(32)50-48(40)41(28-30)38-23-12-26-44-47(38)39-21-8-10-25-43(39)49-44/h1-28H/i3D,4D,5D,6D,17D,18D,19D,20D. The minimum absolute atomic E-state index is 0.150. The molecule has 0 bridgehead atoms. The van der Waals surface area contributed by atoms with Crippen LogP contribution in [0.4, 0.5) is 0 Å². The van der Waals surface area contributed by atoms with Crippen molar-refractivity contribution < 1.29 is 19.8 Å². The first-order valence-electron chi connectivity index (χ1n) is 20.4. The van der Waals surface area contributed by atoms with Gasteiger partial charge in [0, 0.05) is 27.1 Å². The van der Waals surface area contributed by atoms with Crippen molar-refractivity contribution in [3.63, 3.8) is 0 Å². The van der Waals surface area contributed by atoms with Crippen molar-refractivity contribution in [3.8, 4) is 33.4 Å². The van der Waals surface area contributed by atoms with Crippen LogP contribution in [0.1, 0.15) is 11.0 Å². The van der Waals surface area contributed by atoms with Crippen LogP contribution in [0.5, 0.6) is 0 Å². The molecule has 0 saturated heterocycles. The summed E-state index contributed by atoms with van der Waals surface area (Å²) in [5, 5.41) is 5.58. The maximum atomic E-state index is 9.58. The maximum Gasteiger partial charge on any atom is 0.143 e. The van der Waals surface area contributed by atoms with Gasteiger partial charge in [0.25, 0.3) is 0 Å². The van der Waals surface area contributed by atoms with Crippen molar-refractivity contribution in [2.24, 2.45) is 0 Å². The Kier molecular flexibility index (Phi) is 4.31. The van der Waals surface area contributed by atoms with Crippen LogP contribution in [0.25, 0.3) is 110 Å². The van der Waals surface area contributed by atoms with Gasteiger partial charge in [0.15, 0.2) is 0 Å². The van der Waals surface area contributed by atoms with Crippen LogP contribution < -0.4 is 0 Å². The predicted molar refractivity (Wildman–Crippen MR) is 210 cm³/mol. The Labute approximate surface area is 298 Å². The second kappa shape index (κ2) is 10.4. The van der Waals surface area contributed by atoms with Crippen LogP contribution >= 0.6 is 0 Å². The third kappa shape index (κ3) is 3.85. The molecular formula is C48H28O2. The van der Waals surface area contributed by atoms with Gasteiger partial charge in [0.2, 0.25) is 0 Å². The van der Waals surface area contributed by atoms with Crippen molar-refractivity contribution in [1.82, 2.24) is 0 Å². The summed E-state index contributed by atoms with van der Waals surface area (Å²) in [6.07, 6.45) is 0. The van der Waals surface area contributed by atoms with E-state index in [0.717, 1.165) is 43.5 Å². The molecule has 0 aliphatic carbocycles. The summed E-state index contributed by atoms with van der Waals surface area (Å²) in [6, 6.07) is 35.4. The number of para-hydroxylation sites is 2. The lowest BCUT2D eigenvalue weighted by Gasteiger charge is -2.19. The van der Waals surface area contributed by atoms with Gasteiger partial charge in [0.1, 0.15) is 22.3 Å². The predicted octanol–water partition coefficient (Wildman–Crippen LogP) is 13.9. The van der Waals surface area contributed by atoms with E-state index in [-0.39, 0.29) is 51.3 Å². The van der Waals surface area contributed by atoms with Crippen molar-refractivity contribution in [2.45, 2.75) is 0 Å². The summed E-state index contributed by atoms with van der Waals surface area (Å²) in [4.78, 5) is 0. The van der Waals surface area contributed by atoms with Gasteiger partial charge in [-0.3, -0.25) is 0 Å². The summed E-state index contributed by atoms with van der Waals surface area (Å²) >= 11 is 0. The van der Waals surface area contributed by atoms with Gasteiger partial charge in [-0.05, 0) is 90.5 Å². The monoisotopic (exact) mass is 644 g/mol. The molecule has 0 radical (unpaired) electrons. The van der Waals surface area contributed by atoms with Gasteiger partial charge in [-0.25, -0.2) is 0 Å². The fourth-order valence-electron chi connectivity index (χ4n) is 7.80. The molecule has 232 valence electrons. The highest BCUT2D eigenvalue weighted by molar-refractivity contribution is 6.25. The van der Waals surface area contributed by atoms with Gasteiger partial charge in [-0.2, -0.15) is 0 Å². The Morgan fingerprint density at radius 3 is 1.70 bits per heavy atom. The van der Waals surface area contributed by atoms with E-state index in [0.29, 0.717) is 39.0 Å². The zero-order chi connectivity index (χ0) is 39.7. The van der Waals surface area contributed by atoms with Crippen molar-refractivity contribution in [2.75, 3.05) is 0 Å². The van der Waals surface area contributed by atoms with Crippen LogP contribution in [0, 0.1) is 0 Å². The lowest BCUT2D eigenvalue weighted by atomic mass is 9.84. The lowest BCUT2D eigenvalue weighted by molar-refractivity contribution is 0.668. The zero-order valence-electron chi connectivity index (χ0n) is 34.4. The van der Waals surface area contributed by atoms with Crippen LogP contribution in [0.2, 0.25) is 0 Å². The van der Waals surface area contributed by atoms with Crippen molar-refractivity contribution in [3.05, 3.63) is 170 Å². The van der Waals surface area contributed by atoms with Crippen molar-refractivity contribution >= 4 is 76.2 Å². The molecule has 0 spiro atoms. The molecule has 2 heteroatoms. The van der Waals surface area contributed by atoms with E-state index in [1.807, 2.05) is 121 Å². The van der Waals surface area contributed by atoms with Gasteiger partial charge in [-0.1, -0.05) is 139 Å². The molecule has 0 unspecified atom stereocenters. The van der Waals surface area contributed by atoms with Crippen molar-refractivity contribution in [1.29, 1.82) is 0 Å². The Balaban J connectivity index is 1.41. The molecule has 0 aliphatic heterocycles. The first kappa shape index (κ1) is 20.7. The van der Waals surface area contributed by atoms with Crippen LogP contribution in [0.3, 0.4) is 0 Å². The van der Waals surface area contributed by atoms with E-state index in [4.69, 9.17) is 14.3 Å². The molecule has 2 nitrogen and oxygen atoms in total. The lowest BCUT2D eigenvalue weighted by Crippen LogP contribution is -1.92. The minimum Gasteiger partial charge on any atom is -0.456 e. The molecule has 0 aliphatic rings. The molecule has 2 heterocycles. The highest BCUT2D eigenvalue weighted by Gasteiger charge is 2.22. The average molecular weight is 645 g/mol. The molecule has 9 aromatic carbocycles. The fourth-order valence-corrected chi connectivity index (χ4v) is 7.80. The highest BCUT2D eigenvalue weighted by atomic mass is 16.3. The molecule has 0 fully saturated rings. The molecule has 0 saturated carbocycles. The third-order valence-electron chi connectivity index (χ3n) is 9.89. The largest absolute Gasteiger partial charge is 0.456 e. The second-order valence-corrected chi connectivity index (χ2v) is 12.6. The summed E-state index contributed by atoms with van der Waals surface area (Å²) in [5.41, 5.74) is 5.78. The smallest absolute Gasteiger partial charge is 0.143 e. The van der Waals surface area contributed by atoms with E-state index >= 15 is 0 Å². The summed E-state index contributed by atoms with van der Waals surface area (Å²) < 4.78 is 86.9. The molecule has 0 amide bonds. The van der Waals surface area contributed by atoms with E-state index in [9.17, 15) is 5.48 Å². The van der Waals surface area contributed by atoms with Gasteiger partial charge in [0.05, 0.1) is 11.0 Å². The first-order chi connectivity index (χ1) is 28.1. The second-order valence-electron chi connectivity index (χ2n) is 12.6. The van der Waals surface area contributed by atoms with E-state index in [2.05, 4.69) is 0 Å². The molecule has 0 N–H and O–H groups in total. The normalized spacial score (nSPS) is 14.2. The van der Waals surface area contributed by atoms with Crippen LogP contribution in [-0.2, 0) is 0 Å². The number of rotatable bonds is 3. The third-order valence-corrected chi connectivity index (χ3v) is 9.89. The summed E-state index contributed by atoms with van der Waals surface area (Å²) in [5.74, 6) is 0. The fraction of sp³-hybridized carbons (Fsp3) is 0. The molecule has 11 aromatic rings. The Bertz CT molecular complexity index is 3530. The SMILES string of the molecule is [2H]c1c([2H])c([2H])c2c(-c3cccc4ccccc34)c3c([2H])c([2H])c([2H])c([2H])c3c(-c3cc(-c4cccc5oc6ccccc6c45)c4oc5ccccc5c4c3)c2c1[2H]. The van der Waals surface area contributed by atoms with E-state index < -0.39 is 24.2 Å². The number of furan rings is 2. The summed E-state index contributed by atoms with van der Waals surface area (Å²) in [6.45, 7) is 0. The van der Waals surface area contributed by atoms with E-state index in [1.165, 1.54) is 0 Å². The van der Waals surface area contributed by atoms with Gasteiger partial charge >= 0.3 is 0 Å². The molecule has 0 atom stereocenters. The topological polar surface area (TPSA) is 26.3 Å². The Morgan fingerprint density at radius 2 is 0.940 bits per heavy atom. The molecular weight excluding hydrogens is 609 g/mol. The summed E-state index contributed by atoms with van der Waals surface area (Å²) in [7, 11) is 0. The highest BCUT2D eigenvalue weighted by Crippen LogP contribution is 2.49. The number of hydrogen-bond acceptors (Lipinski definition) is 2. The number of benzene rings is 9. The molecule has 11 rings (SSSR count). The Morgan fingerprint density at radius 1 is 0.380 bits per heavy atom. The zero-order valence-corrected chi connectivity index (χ0v) is 26.4. The van der Waals surface area contributed by atoms with Gasteiger partial charge in [-0.15, -0.1) is 0 Å². The number of fused-ring (bicyclic) bond motifs is 9. The average Bonchev–Trinajstić information content (AvgIpc) is 3.83. The molecule has 2 aromatic heterocycles. The van der Waals surface area contributed by atoms with E-state index in [1.54, 1.807) is 0 Å². The quantitative estimate of drug-likeness (QED) is 0.179. The maximum absolute atomic E-state index is 9.58. The first-order valence-corrected chi connectivity index (χ1v) is 16.4. The van der Waals surface area contributed by atoms with Crippen LogP contribution in [0.15, 0.2) is 179 Å². The van der Waals surface area contributed by atoms with Crippen LogP contribution in [-0.4, -0.2) is 0 Å².